The number of nitrogens with one attached hydrogen (secondary N) is 2. The maximum absolute atomic E-state index is 6.08. The molecule has 1 aliphatic carbocycles. The largest absolute Gasteiger partial charge is 0.490 e. The normalized spacial score (nSPS) is 15.6. The minimum absolute atomic E-state index is 0.383. The average molecular weight is 370 g/mol. The third-order valence-corrected chi connectivity index (χ3v) is 4.94. The van der Waals surface area contributed by atoms with Crippen molar-refractivity contribution in [2.45, 2.75) is 65.1 Å². The number of rotatable bonds is 6. The highest BCUT2D eigenvalue weighted by Gasteiger charge is 2.14. The van der Waals surface area contributed by atoms with E-state index in [-0.39, 0.29) is 0 Å². The van der Waals surface area contributed by atoms with E-state index in [1.54, 1.807) is 7.05 Å². The second-order valence-corrected chi connectivity index (χ2v) is 7.05. The summed E-state index contributed by atoms with van der Waals surface area (Å²) in [4.78, 5) is 8.61. The van der Waals surface area contributed by atoms with Crippen LogP contribution in [-0.2, 0) is 13.1 Å². The molecule has 0 spiro atoms. The summed E-state index contributed by atoms with van der Waals surface area (Å²) < 4.78 is 11.7. The fourth-order valence-electron chi connectivity index (χ4n) is 3.24. The van der Waals surface area contributed by atoms with Crippen LogP contribution in [0, 0.1) is 13.8 Å². The van der Waals surface area contributed by atoms with E-state index < -0.39 is 0 Å². The fraction of sp³-hybridized carbons (Fsp3) is 0.524. The molecule has 0 bridgehead atoms. The van der Waals surface area contributed by atoms with Gasteiger partial charge in [0.15, 0.2) is 5.96 Å². The maximum atomic E-state index is 6.08. The van der Waals surface area contributed by atoms with Crippen molar-refractivity contribution in [3.8, 4) is 5.75 Å². The number of aliphatic imine (C=N–C) groups is 1. The first-order valence-corrected chi connectivity index (χ1v) is 9.77. The third kappa shape index (κ3) is 5.74. The monoisotopic (exact) mass is 370 g/mol. The van der Waals surface area contributed by atoms with Crippen molar-refractivity contribution in [3.05, 3.63) is 47.2 Å². The van der Waals surface area contributed by atoms with Gasteiger partial charge in [-0.05, 0) is 57.2 Å². The van der Waals surface area contributed by atoms with E-state index in [0.29, 0.717) is 31.0 Å². The number of guanidine groups is 1. The van der Waals surface area contributed by atoms with Gasteiger partial charge >= 0.3 is 0 Å². The van der Waals surface area contributed by atoms with Gasteiger partial charge in [0.05, 0.1) is 18.3 Å². The van der Waals surface area contributed by atoms with Gasteiger partial charge in [-0.15, -0.1) is 0 Å². The Hall–Kier alpha value is -2.50. The van der Waals surface area contributed by atoms with Crippen LogP contribution in [0.4, 0.5) is 0 Å². The maximum Gasteiger partial charge on any atom is 0.214 e. The molecular formula is C21H30N4O2. The lowest BCUT2D eigenvalue weighted by molar-refractivity contribution is 0.155. The Kier molecular flexibility index (Phi) is 6.74. The minimum atomic E-state index is 0.383. The van der Waals surface area contributed by atoms with E-state index in [9.17, 15) is 0 Å². The van der Waals surface area contributed by atoms with Crippen LogP contribution in [-0.4, -0.2) is 24.1 Å². The highest BCUT2D eigenvalue weighted by Crippen LogP contribution is 2.23. The molecule has 1 fully saturated rings. The van der Waals surface area contributed by atoms with E-state index in [4.69, 9.17) is 9.15 Å². The van der Waals surface area contributed by atoms with E-state index >= 15 is 0 Å². The number of oxazole rings is 1. The van der Waals surface area contributed by atoms with Gasteiger partial charge in [-0.2, -0.15) is 0 Å². The molecule has 6 nitrogen and oxygen atoms in total. The zero-order chi connectivity index (χ0) is 19.1. The minimum Gasteiger partial charge on any atom is -0.490 e. The molecule has 1 aromatic carbocycles. The predicted molar refractivity (Wildman–Crippen MR) is 107 cm³/mol. The van der Waals surface area contributed by atoms with Crippen molar-refractivity contribution in [3.63, 3.8) is 0 Å². The molecule has 2 N–H and O–H groups in total. The summed E-state index contributed by atoms with van der Waals surface area (Å²) in [5.74, 6) is 3.19. The zero-order valence-electron chi connectivity index (χ0n) is 16.5. The highest BCUT2D eigenvalue weighted by atomic mass is 16.5. The summed E-state index contributed by atoms with van der Waals surface area (Å²) in [6, 6.07) is 8.30. The van der Waals surface area contributed by atoms with Crippen molar-refractivity contribution in [1.29, 1.82) is 0 Å². The van der Waals surface area contributed by atoms with Crippen LogP contribution >= 0.6 is 0 Å². The lowest BCUT2D eigenvalue weighted by Gasteiger charge is -2.23. The van der Waals surface area contributed by atoms with Crippen LogP contribution in [0.5, 0.6) is 5.75 Å². The molecule has 1 aromatic heterocycles. The van der Waals surface area contributed by atoms with Crippen molar-refractivity contribution < 1.29 is 9.15 Å². The van der Waals surface area contributed by atoms with Gasteiger partial charge in [0, 0.05) is 13.6 Å². The van der Waals surface area contributed by atoms with Crippen molar-refractivity contribution >= 4 is 5.96 Å². The molecule has 0 radical (unpaired) electrons. The molecule has 1 heterocycles. The van der Waals surface area contributed by atoms with Crippen LogP contribution in [0.3, 0.4) is 0 Å². The smallest absolute Gasteiger partial charge is 0.214 e. The Balaban J connectivity index is 1.44. The van der Waals surface area contributed by atoms with Gasteiger partial charge in [0.1, 0.15) is 11.5 Å². The first kappa shape index (κ1) is 19.3. The molecule has 0 amide bonds. The number of hydrogen-bond donors (Lipinski definition) is 2. The van der Waals surface area contributed by atoms with E-state index in [2.05, 4.69) is 44.9 Å². The van der Waals surface area contributed by atoms with Gasteiger partial charge in [-0.1, -0.05) is 18.6 Å². The second-order valence-electron chi connectivity index (χ2n) is 7.05. The standard InChI is InChI=1S/C21H30N4O2/c1-15-16(2)26-20(25-15)14-24-21(22-3)23-13-17-9-11-19(12-10-17)27-18-7-5-4-6-8-18/h9-12,18H,4-8,13-14H2,1-3H3,(H2,22,23,24). The van der Waals surface area contributed by atoms with Crippen LogP contribution in [0.15, 0.2) is 33.7 Å². The molecule has 1 aliphatic rings. The van der Waals surface area contributed by atoms with Crippen LogP contribution < -0.4 is 15.4 Å². The molecule has 6 heteroatoms. The molecule has 0 unspecified atom stereocenters. The second kappa shape index (κ2) is 9.44. The van der Waals surface area contributed by atoms with Gasteiger partial charge in [-0.3, -0.25) is 4.99 Å². The Morgan fingerprint density at radius 2 is 1.81 bits per heavy atom. The Labute approximate surface area is 161 Å². The highest BCUT2D eigenvalue weighted by molar-refractivity contribution is 5.79. The first-order chi connectivity index (χ1) is 13.1. The van der Waals surface area contributed by atoms with Crippen molar-refractivity contribution in [1.82, 2.24) is 15.6 Å². The summed E-state index contributed by atoms with van der Waals surface area (Å²) in [6.45, 7) is 5.05. The van der Waals surface area contributed by atoms with Gasteiger partial charge in [0.2, 0.25) is 5.89 Å². The zero-order valence-corrected chi connectivity index (χ0v) is 16.5. The summed E-state index contributed by atoms with van der Waals surface area (Å²) in [5.41, 5.74) is 2.10. The molecule has 27 heavy (non-hydrogen) atoms. The number of nitrogens with zero attached hydrogens (tertiary/aromatic N) is 2. The number of ether oxygens (including phenoxy) is 1. The quantitative estimate of drug-likeness (QED) is 0.597. The Bertz CT molecular complexity index is 727. The molecule has 3 rings (SSSR count). The molecule has 0 saturated heterocycles. The van der Waals surface area contributed by atoms with E-state index in [1.165, 1.54) is 37.7 Å². The Morgan fingerprint density at radius 3 is 2.44 bits per heavy atom. The number of hydrogen-bond acceptors (Lipinski definition) is 4. The van der Waals surface area contributed by atoms with Gasteiger partial charge in [-0.25, -0.2) is 4.98 Å². The molecular weight excluding hydrogens is 340 g/mol. The Morgan fingerprint density at radius 1 is 1.11 bits per heavy atom. The summed E-state index contributed by atoms with van der Waals surface area (Å²) in [7, 11) is 1.75. The third-order valence-electron chi connectivity index (χ3n) is 4.94. The van der Waals surface area contributed by atoms with Crippen molar-refractivity contribution in [2.24, 2.45) is 4.99 Å². The van der Waals surface area contributed by atoms with Gasteiger partial charge < -0.3 is 19.8 Å². The van der Waals surface area contributed by atoms with Crippen LogP contribution in [0.2, 0.25) is 0 Å². The summed E-state index contributed by atoms with van der Waals surface area (Å²) >= 11 is 0. The predicted octanol–water partition coefficient (Wildman–Crippen LogP) is 3.87. The van der Waals surface area contributed by atoms with Crippen LogP contribution in [0.25, 0.3) is 0 Å². The number of benzene rings is 1. The lowest BCUT2D eigenvalue weighted by atomic mass is 9.98. The molecule has 0 aliphatic heterocycles. The molecule has 146 valence electrons. The fourth-order valence-corrected chi connectivity index (χ4v) is 3.24. The average Bonchev–Trinajstić information content (AvgIpc) is 3.01. The van der Waals surface area contributed by atoms with Gasteiger partial charge in [0.25, 0.3) is 0 Å². The van der Waals surface area contributed by atoms with Crippen LogP contribution in [0.1, 0.15) is 55.0 Å². The molecule has 0 atom stereocenters. The SMILES string of the molecule is CN=C(NCc1ccc(OC2CCCCC2)cc1)NCc1nc(C)c(C)o1. The number of aryl methyl sites for hydroxylation is 2. The number of aromatic nitrogens is 1. The molecule has 1 saturated carbocycles. The van der Waals surface area contributed by atoms with E-state index in [1.807, 2.05) is 13.8 Å². The summed E-state index contributed by atoms with van der Waals surface area (Å²) in [5, 5.41) is 6.53. The first-order valence-electron chi connectivity index (χ1n) is 9.77. The van der Waals surface area contributed by atoms with E-state index in [0.717, 1.165) is 17.2 Å². The lowest BCUT2D eigenvalue weighted by Crippen LogP contribution is -2.36. The topological polar surface area (TPSA) is 71.7 Å². The summed E-state index contributed by atoms with van der Waals surface area (Å²) in [6.07, 6.45) is 6.64. The molecule has 2 aromatic rings. The van der Waals surface area contributed by atoms with Crippen molar-refractivity contribution in [2.75, 3.05) is 7.05 Å².